The maximum Gasteiger partial charge on any atom is 0.274 e. The van der Waals surface area contributed by atoms with Gasteiger partial charge in [-0.3, -0.25) is 9.78 Å². The van der Waals surface area contributed by atoms with E-state index in [0.717, 1.165) is 5.69 Å². The maximum atomic E-state index is 11.9. The van der Waals surface area contributed by atoms with Crippen LogP contribution in [0.25, 0.3) is 0 Å². The van der Waals surface area contributed by atoms with Crippen molar-refractivity contribution in [3.63, 3.8) is 0 Å². The van der Waals surface area contributed by atoms with Crippen LogP contribution in [0.15, 0.2) is 57.9 Å². The third-order valence-corrected chi connectivity index (χ3v) is 2.72. The van der Waals surface area contributed by atoms with Crippen molar-refractivity contribution in [2.24, 2.45) is 0 Å². The van der Waals surface area contributed by atoms with Crippen molar-refractivity contribution in [3.8, 4) is 0 Å². The van der Waals surface area contributed by atoms with Crippen molar-refractivity contribution < 1.29 is 4.42 Å². The van der Waals surface area contributed by atoms with Crippen LogP contribution < -0.4 is 10.9 Å². The molecule has 0 saturated carbocycles. The zero-order valence-corrected chi connectivity index (χ0v) is 10.5. The highest BCUT2D eigenvalue weighted by Gasteiger charge is 2.07. The number of aromatic nitrogens is 3. The fraction of sp³-hybridized carbons (Fsp3) is 0.0714. The van der Waals surface area contributed by atoms with E-state index in [1.807, 2.05) is 30.3 Å². The summed E-state index contributed by atoms with van der Waals surface area (Å²) >= 11 is 0. The summed E-state index contributed by atoms with van der Waals surface area (Å²) in [6, 6.07) is 13.0. The molecule has 6 nitrogen and oxygen atoms in total. The minimum Gasteiger partial charge on any atom is -0.469 e. The van der Waals surface area contributed by atoms with Crippen molar-refractivity contribution in [1.29, 1.82) is 0 Å². The van der Waals surface area contributed by atoms with Crippen LogP contribution >= 0.6 is 0 Å². The van der Waals surface area contributed by atoms with Crippen LogP contribution in [0.3, 0.4) is 0 Å². The van der Waals surface area contributed by atoms with E-state index >= 15 is 0 Å². The van der Waals surface area contributed by atoms with Crippen molar-refractivity contribution in [2.45, 2.75) is 6.42 Å². The number of para-hydroxylation sites is 1. The first-order valence-electron chi connectivity index (χ1n) is 6.11. The number of anilines is 2. The molecule has 1 aromatic carbocycles. The summed E-state index contributed by atoms with van der Waals surface area (Å²) in [5.74, 6) is 0.984. The lowest BCUT2D eigenvalue weighted by Crippen LogP contribution is -2.18. The highest BCUT2D eigenvalue weighted by atomic mass is 16.3. The molecule has 100 valence electrons. The van der Waals surface area contributed by atoms with Gasteiger partial charge in [-0.25, -0.2) is 0 Å². The Hall–Kier alpha value is -2.89. The fourth-order valence-electron chi connectivity index (χ4n) is 1.77. The van der Waals surface area contributed by atoms with Crippen LogP contribution in [0.5, 0.6) is 0 Å². The molecule has 2 N–H and O–H groups in total. The number of nitrogens with zero attached hydrogens (tertiary/aromatic N) is 2. The van der Waals surface area contributed by atoms with Gasteiger partial charge in [-0.1, -0.05) is 18.2 Å². The number of benzene rings is 1. The van der Waals surface area contributed by atoms with E-state index in [0.29, 0.717) is 23.8 Å². The van der Waals surface area contributed by atoms with E-state index in [9.17, 15) is 4.79 Å². The third kappa shape index (κ3) is 2.74. The van der Waals surface area contributed by atoms with E-state index in [1.165, 1.54) is 0 Å². The molecule has 0 bridgehead atoms. The first-order chi connectivity index (χ1) is 9.81. The van der Waals surface area contributed by atoms with Crippen molar-refractivity contribution in [1.82, 2.24) is 15.2 Å². The minimum absolute atomic E-state index is 0.283. The Morgan fingerprint density at radius 3 is 2.65 bits per heavy atom. The molecule has 0 aliphatic heterocycles. The Bertz CT molecular complexity index is 735. The van der Waals surface area contributed by atoms with Crippen LogP contribution in [-0.4, -0.2) is 15.2 Å². The van der Waals surface area contributed by atoms with Gasteiger partial charge in [-0.2, -0.15) is 0 Å². The molecule has 20 heavy (non-hydrogen) atoms. The van der Waals surface area contributed by atoms with Crippen LogP contribution in [-0.2, 0) is 6.42 Å². The van der Waals surface area contributed by atoms with E-state index in [-0.39, 0.29) is 5.56 Å². The van der Waals surface area contributed by atoms with Crippen molar-refractivity contribution in [3.05, 3.63) is 70.5 Å². The summed E-state index contributed by atoms with van der Waals surface area (Å²) in [4.78, 5) is 14.6. The average Bonchev–Trinajstić information content (AvgIpc) is 2.96. The average molecular weight is 268 g/mol. The zero-order valence-electron chi connectivity index (χ0n) is 10.5. The predicted molar refractivity (Wildman–Crippen MR) is 73.9 cm³/mol. The summed E-state index contributed by atoms with van der Waals surface area (Å²) in [5.41, 5.74) is 0.865. The van der Waals surface area contributed by atoms with Crippen molar-refractivity contribution in [2.75, 3.05) is 5.32 Å². The molecule has 0 radical (unpaired) electrons. The van der Waals surface area contributed by atoms with E-state index in [4.69, 9.17) is 4.42 Å². The Labute approximate surface area is 114 Å². The lowest BCUT2D eigenvalue weighted by Gasteiger charge is -2.04. The Morgan fingerprint density at radius 2 is 1.95 bits per heavy atom. The van der Waals surface area contributed by atoms with Gasteiger partial charge >= 0.3 is 0 Å². The Kier molecular flexibility index (Phi) is 3.28. The summed E-state index contributed by atoms with van der Waals surface area (Å²) < 4.78 is 5.18. The third-order valence-electron chi connectivity index (χ3n) is 2.72. The molecular weight excluding hydrogens is 256 g/mol. The van der Waals surface area contributed by atoms with Crippen LogP contribution in [0, 0.1) is 0 Å². The molecule has 0 aliphatic carbocycles. The first kappa shape index (κ1) is 12.2. The lowest BCUT2D eigenvalue weighted by atomic mass is 10.2. The number of rotatable bonds is 4. The van der Waals surface area contributed by atoms with Gasteiger partial charge in [0.25, 0.3) is 5.56 Å². The van der Waals surface area contributed by atoms with Gasteiger partial charge in [-0.05, 0) is 24.3 Å². The van der Waals surface area contributed by atoms with Gasteiger partial charge in [0.05, 0.1) is 12.7 Å². The monoisotopic (exact) mass is 268 g/mol. The van der Waals surface area contributed by atoms with Gasteiger partial charge in [0.1, 0.15) is 11.5 Å². The predicted octanol–water partition coefficient (Wildman–Crippen LogP) is 2.09. The largest absolute Gasteiger partial charge is 0.469 e. The molecule has 0 atom stereocenters. The van der Waals surface area contributed by atoms with E-state index < -0.39 is 0 Å². The maximum absolute atomic E-state index is 11.9. The van der Waals surface area contributed by atoms with Gasteiger partial charge < -0.3 is 9.73 Å². The molecular formula is C14H12N4O2. The van der Waals surface area contributed by atoms with Gasteiger partial charge in [0.2, 0.25) is 5.95 Å². The fourth-order valence-corrected chi connectivity index (χ4v) is 1.77. The molecule has 0 spiro atoms. The van der Waals surface area contributed by atoms with Crippen LogP contribution in [0.2, 0.25) is 0 Å². The second-order valence-corrected chi connectivity index (χ2v) is 4.20. The number of nitrogens with one attached hydrogen (secondary N) is 2. The molecule has 2 heterocycles. The van der Waals surface area contributed by atoms with E-state index in [2.05, 4.69) is 20.5 Å². The number of hydrogen-bond acceptors (Lipinski definition) is 5. The number of H-pyrrole nitrogens is 1. The number of furan rings is 1. The van der Waals surface area contributed by atoms with Gasteiger partial charge in [-0.15, -0.1) is 10.2 Å². The van der Waals surface area contributed by atoms with Gasteiger partial charge in [0.15, 0.2) is 0 Å². The summed E-state index contributed by atoms with van der Waals surface area (Å²) in [6.07, 6.45) is 1.88. The molecule has 0 amide bonds. The number of aromatic amines is 1. The standard InChI is InChI=1S/C14H12N4O2/c19-13-12(9-11-7-4-8-20-11)17-18-14(16-13)15-10-5-2-1-3-6-10/h1-8H,9H2,(H2,15,16,18,19). The zero-order chi connectivity index (χ0) is 13.8. The second kappa shape index (κ2) is 5.40. The second-order valence-electron chi connectivity index (χ2n) is 4.20. The number of hydrogen-bond donors (Lipinski definition) is 2. The smallest absolute Gasteiger partial charge is 0.274 e. The van der Waals surface area contributed by atoms with Crippen LogP contribution in [0.1, 0.15) is 11.5 Å². The molecule has 3 rings (SSSR count). The quantitative estimate of drug-likeness (QED) is 0.757. The summed E-state index contributed by atoms with van der Waals surface area (Å²) in [6.45, 7) is 0. The highest BCUT2D eigenvalue weighted by Crippen LogP contribution is 2.10. The highest BCUT2D eigenvalue weighted by molar-refractivity contribution is 5.51. The van der Waals surface area contributed by atoms with Gasteiger partial charge in [0, 0.05) is 5.69 Å². The molecule has 6 heteroatoms. The normalized spacial score (nSPS) is 10.4. The minimum atomic E-state index is -0.283. The van der Waals surface area contributed by atoms with Crippen molar-refractivity contribution >= 4 is 11.6 Å². The molecule has 2 aromatic heterocycles. The molecule has 0 unspecified atom stereocenters. The van der Waals surface area contributed by atoms with E-state index in [1.54, 1.807) is 18.4 Å². The molecule has 3 aromatic rings. The summed E-state index contributed by atoms with van der Waals surface area (Å²) in [7, 11) is 0. The Balaban J connectivity index is 1.79. The first-order valence-corrected chi connectivity index (χ1v) is 6.11. The lowest BCUT2D eigenvalue weighted by molar-refractivity contribution is 0.517. The topological polar surface area (TPSA) is 83.8 Å². The molecule has 0 saturated heterocycles. The summed E-state index contributed by atoms with van der Waals surface area (Å²) in [5, 5.41) is 10.9. The Morgan fingerprint density at radius 1 is 1.10 bits per heavy atom. The van der Waals surface area contributed by atoms with Crippen LogP contribution in [0.4, 0.5) is 11.6 Å². The molecule has 0 fully saturated rings. The SMILES string of the molecule is O=c1[nH]c(Nc2ccccc2)nnc1Cc1ccco1. The molecule has 0 aliphatic rings.